The van der Waals surface area contributed by atoms with Crippen LogP contribution in [-0.2, 0) is 14.8 Å². The third kappa shape index (κ3) is 4.62. The van der Waals surface area contributed by atoms with E-state index in [2.05, 4.69) is 10.6 Å². The Morgan fingerprint density at radius 2 is 2.15 bits per heavy atom. The lowest BCUT2D eigenvalue weighted by molar-refractivity contribution is -0.123. The zero-order valence-corrected chi connectivity index (χ0v) is 16.8. The molecule has 2 N–H and O–H groups in total. The van der Waals surface area contributed by atoms with Crippen LogP contribution in [0.4, 0.5) is 0 Å². The molecule has 3 rings (SSSR count). The first-order valence-electron chi connectivity index (χ1n) is 9.57. The minimum Gasteiger partial charge on any atom is -0.497 e. The number of nitrogens with one attached hydrogen (secondary N) is 2. The Kier molecular flexibility index (Phi) is 6.39. The third-order valence-corrected chi connectivity index (χ3v) is 7.45. The van der Waals surface area contributed by atoms with E-state index in [1.807, 2.05) is 0 Å². The second-order valence-corrected chi connectivity index (χ2v) is 9.30. The van der Waals surface area contributed by atoms with E-state index < -0.39 is 10.0 Å². The second-order valence-electron chi connectivity index (χ2n) is 7.40. The summed E-state index contributed by atoms with van der Waals surface area (Å²) in [4.78, 5) is 12.5. The number of carbonyl (C=O) groups excluding carboxylic acids is 1. The number of piperidine rings is 1. The summed E-state index contributed by atoms with van der Waals surface area (Å²) in [5.41, 5.74) is 0.678. The molecule has 0 spiro atoms. The summed E-state index contributed by atoms with van der Waals surface area (Å²) in [6.07, 6.45) is 3.62. The van der Waals surface area contributed by atoms with E-state index in [1.54, 1.807) is 36.5 Å². The number of carbonyl (C=O) groups is 1. The average Bonchev–Trinajstić information content (AvgIpc) is 3.21. The van der Waals surface area contributed by atoms with Crippen molar-refractivity contribution >= 4 is 15.9 Å². The van der Waals surface area contributed by atoms with Gasteiger partial charge in [-0.05, 0) is 68.8 Å². The lowest BCUT2D eigenvalue weighted by Crippen LogP contribution is -2.46. The van der Waals surface area contributed by atoms with Crippen LogP contribution in [0.2, 0.25) is 0 Å². The van der Waals surface area contributed by atoms with Gasteiger partial charge in [-0.1, -0.05) is 0 Å². The molecule has 2 aliphatic rings. The van der Waals surface area contributed by atoms with Crippen LogP contribution in [0.1, 0.15) is 31.2 Å². The van der Waals surface area contributed by atoms with Crippen LogP contribution in [0.3, 0.4) is 0 Å². The number of rotatable bonds is 6. The molecule has 1 aromatic carbocycles. The zero-order chi connectivity index (χ0) is 19.4. The number of nitrogens with zero attached hydrogens (tertiary/aromatic N) is 1. The van der Waals surface area contributed by atoms with E-state index in [-0.39, 0.29) is 17.9 Å². The summed E-state index contributed by atoms with van der Waals surface area (Å²) in [5.74, 6) is 0.808. The SMILES string of the molecule is COc1ccc(S(=O)(=O)N2CCCC(CNC(=O)C3CCCN3)C2)c(C)c1. The van der Waals surface area contributed by atoms with Crippen molar-refractivity contribution in [3.63, 3.8) is 0 Å². The van der Waals surface area contributed by atoms with Crippen LogP contribution in [-0.4, -0.2) is 58.0 Å². The monoisotopic (exact) mass is 395 g/mol. The normalized spacial score (nSPS) is 23.9. The number of hydrogen-bond donors (Lipinski definition) is 2. The van der Waals surface area contributed by atoms with Crippen molar-refractivity contribution in [1.82, 2.24) is 14.9 Å². The van der Waals surface area contributed by atoms with Crippen molar-refractivity contribution in [2.24, 2.45) is 5.92 Å². The molecular formula is C19H29N3O4S. The molecule has 1 amide bonds. The Morgan fingerprint density at radius 3 is 2.81 bits per heavy atom. The van der Waals surface area contributed by atoms with Gasteiger partial charge in [-0.25, -0.2) is 8.42 Å². The number of methoxy groups -OCH3 is 1. The lowest BCUT2D eigenvalue weighted by Gasteiger charge is -2.32. The van der Waals surface area contributed by atoms with Gasteiger partial charge in [0.1, 0.15) is 5.75 Å². The van der Waals surface area contributed by atoms with Crippen LogP contribution in [0.25, 0.3) is 0 Å². The highest BCUT2D eigenvalue weighted by Crippen LogP contribution is 2.27. The Balaban J connectivity index is 1.63. The van der Waals surface area contributed by atoms with Gasteiger partial charge in [0.2, 0.25) is 15.9 Å². The molecule has 1 aromatic rings. The average molecular weight is 396 g/mol. The highest BCUT2D eigenvalue weighted by atomic mass is 32.2. The molecule has 2 atom stereocenters. The van der Waals surface area contributed by atoms with Crippen molar-refractivity contribution in [2.75, 3.05) is 33.3 Å². The molecule has 2 saturated heterocycles. The van der Waals surface area contributed by atoms with E-state index in [0.29, 0.717) is 35.8 Å². The first-order chi connectivity index (χ1) is 12.9. The topological polar surface area (TPSA) is 87.7 Å². The van der Waals surface area contributed by atoms with Gasteiger partial charge in [0.05, 0.1) is 18.0 Å². The smallest absolute Gasteiger partial charge is 0.243 e. The van der Waals surface area contributed by atoms with Crippen LogP contribution in [0.5, 0.6) is 5.75 Å². The fourth-order valence-corrected chi connectivity index (χ4v) is 5.63. The number of aryl methyl sites for hydroxylation is 1. The molecule has 0 radical (unpaired) electrons. The maximum atomic E-state index is 13.1. The van der Waals surface area contributed by atoms with E-state index >= 15 is 0 Å². The molecule has 2 unspecified atom stereocenters. The fourth-order valence-electron chi connectivity index (χ4n) is 3.87. The Labute approximate surface area is 161 Å². The van der Waals surface area contributed by atoms with Gasteiger partial charge < -0.3 is 15.4 Å². The summed E-state index contributed by atoms with van der Waals surface area (Å²) in [5, 5.41) is 6.18. The number of ether oxygens (including phenoxy) is 1. The fraction of sp³-hybridized carbons (Fsp3) is 0.632. The standard InChI is InChI=1S/C19H29N3O4S/c1-14-11-16(26-2)7-8-18(14)27(24,25)22-10-4-5-15(13-22)12-21-19(23)17-6-3-9-20-17/h7-8,11,15,17,20H,3-6,9-10,12-13H2,1-2H3,(H,21,23). The van der Waals surface area contributed by atoms with Crippen LogP contribution >= 0.6 is 0 Å². The van der Waals surface area contributed by atoms with Crippen molar-refractivity contribution in [3.8, 4) is 5.75 Å². The van der Waals surface area contributed by atoms with Crippen LogP contribution in [0.15, 0.2) is 23.1 Å². The highest BCUT2D eigenvalue weighted by Gasteiger charge is 2.32. The molecule has 2 heterocycles. The van der Waals surface area contributed by atoms with Gasteiger partial charge in [0, 0.05) is 19.6 Å². The second kappa shape index (κ2) is 8.58. The molecule has 8 heteroatoms. The summed E-state index contributed by atoms with van der Waals surface area (Å²) in [6.45, 7) is 4.14. The zero-order valence-electron chi connectivity index (χ0n) is 16.0. The van der Waals surface area contributed by atoms with Crippen molar-refractivity contribution in [2.45, 2.75) is 43.5 Å². The van der Waals surface area contributed by atoms with Crippen molar-refractivity contribution in [3.05, 3.63) is 23.8 Å². The largest absolute Gasteiger partial charge is 0.497 e. The Bertz CT molecular complexity index is 775. The van der Waals surface area contributed by atoms with Gasteiger partial charge in [-0.15, -0.1) is 0 Å². The van der Waals surface area contributed by atoms with Crippen molar-refractivity contribution < 1.29 is 17.9 Å². The van der Waals surface area contributed by atoms with Crippen molar-refractivity contribution in [1.29, 1.82) is 0 Å². The number of sulfonamides is 1. The van der Waals surface area contributed by atoms with Gasteiger partial charge in [0.25, 0.3) is 0 Å². The van der Waals surface area contributed by atoms with Gasteiger partial charge in [-0.3, -0.25) is 4.79 Å². The molecule has 150 valence electrons. The van der Waals surface area contributed by atoms with Crippen LogP contribution in [0, 0.1) is 12.8 Å². The first-order valence-corrected chi connectivity index (χ1v) is 11.0. The molecule has 2 aliphatic heterocycles. The van der Waals surface area contributed by atoms with Gasteiger partial charge in [0.15, 0.2) is 0 Å². The molecule has 0 saturated carbocycles. The quantitative estimate of drug-likeness (QED) is 0.757. The van der Waals surface area contributed by atoms with E-state index in [4.69, 9.17) is 4.74 Å². The summed E-state index contributed by atoms with van der Waals surface area (Å²) < 4.78 is 32.9. The minimum atomic E-state index is -3.55. The maximum Gasteiger partial charge on any atom is 0.243 e. The summed E-state index contributed by atoms with van der Waals surface area (Å²) in [6, 6.07) is 4.93. The van der Waals surface area contributed by atoms with Gasteiger partial charge >= 0.3 is 0 Å². The Hall–Kier alpha value is -1.64. The molecule has 0 aromatic heterocycles. The summed E-state index contributed by atoms with van der Waals surface area (Å²) >= 11 is 0. The Morgan fingerprint density at radius 1 is 1.33 bits per heavy atom. The molecule has 0 bridgehead atoms. The highest BCUT2D eigenvalue weighted by molar-refractivity contribution is 7.89. The third-order valence-electron chi connectivity index (χ3n) is 5.42. The lowest BCUT2D eigenvalue weighted by atomic mass is 9.99. The number of hydrogen-bond acceptors (Lipinski definition) is 5. The molecule has 2 fully saturated rings. The summed E-state index contributed by atoms with van der Waals surface area (Å²) in [7, 11) is -1.99. The predicted octanol–water partition coefficient (Wildman–Crippen LogP) is 1.27. The molecule has 7 nitrogen and oxygen atoms in total. The van der Waals surface area contributed by atoms with Gasteiger partial charge in [-0.2, -0.15) is 4.31 Å². The maximum absolute atomic E-state index is 13.1. The van der Waals surface area contributed by atoms with Crippen LogP contribution < -0.4 is 15.4 Å². The first kappa shape index (κ1) is 20.1. The van der Waals surface area contributed by atoms with E-state index in [9.17, 15) is 13.2 Å². The minimum absolute atomic E-state index is 0.0264. The predicted molar refractivity (Wildman–Crippen MR) is 103 cm³/mol. The number of benzene rings is 1. The number of amides is 1. The van der Waals surface area contributed by atoms with E-state index in [0.717, 1.165) is 32.2 Å². The molecule has 27 heavy (non-hydrogen) atoms. The molecular weight excluding hydrogens is 366 g/mol. The van der Waals surface area contributed by atoms with E-state index in [1.165, 1.54) is 0 Å². The molecule has 0 aliphatic carbocycles.